The Morgan fingerprint density at radius 2 is 1.73 bits per heavy atom. The fourth-order valence-electron chi connectivity index (χ4n) is 3.40. The largest absolute Gasteiger partial charge is 0.328 e. The third kappa shape index (κ3) is 2.73. The average Bonchev–Trinajstić information content (AvgIpc) is 2.30. The molecule has 0 aromatic carbocycles. The van der Waals surface area contributed by atoms with Crippen molar-refractivity contribution in [3.05, 3.63) is 0 Å². The second-order valence-corrected chi connectivity index (χ2v) is 5.39. The fourth-order valence-corrected chi connectivity index (χ4v) is 3.40. The van der Waals surface area contributed by atoms with E-state index in [4.69, 9.17) is 5.73 Å². The molecule has 1 saturated carbocycles. The van der Waals surface area contributed by atoms with E-state index in [-0.39, 0.29) is 0 Å². The summed E-state index contributed by atoms with van der Waals surface area (Å²) in [5.41, 5.74) is 5.97. The van der Waals surface area contributed by atoms with Gasteiger partial charge in [0.05, 0.1) is 0 Å². The molecule has 1 aliphatic carbocycles. The van der Waals surface area contributed by atoms with E-state index < -0.39 is 0 Å². The van der Waals surface area contributed by atoms with Gasteiger partial charge in [0.15, 0.2) is 0 Å². The van der Waals surface area contributed by atoms with Gasteiger partial charge in [-0.3, -0.25) is 4.90 Å². The molecule has 0 aromatic rings. The zero-order valence-electron chi connectivity index (χ0n) is 10.1. The molecule has 2 heteroatoms. The van der Waals surface area contributed by atoms with Gasteiger partial charge >= 0.3 is 0 Å². The minimum atomic E-state index is 0.477. The molecule has 2 N–H and O–H groups in total. The quantitative estimate of drug-likeness (QED) is 0.758. The molecular formula is C13H26N2. The Labute approximate surface area is 94.2 Å². The van der Waals surface area contributed by atoms with Crippen LogP contribution in [0.4, 0.5) is 0 Å². The van der Waals surface area contributed by atoms with Crippen LogP contribution in [0.15, 0.2) is 0 Å². The van der Waals surface area contributed by atoms with Crippen LogP contribution in [0.1, 0.15) is 51.9 Å². The number of nitrogens with zero attached hydrogens (tertiary/aromatic N) is 1. The highest BCUT2D eigenvalue weighted by atomic mass is 15.2. The minimum absolute atomic E-state index is 0.477. The van der Waals surface area contributed by atoms with Crippen molar-refractivity contribution in [1.29, 1.82) is 0 Å². The highest BCUT2D eigenvalue weighted by molar-refractivity contribution is 4.86. The molecule has 2 nitrogen and oxygen atoms in total. The number of piperidine rings is 1. The molecule has 1 saturated heterocycles. The monoisotopic (exact) mass is 210 g/mol. The van der Waals surface area contributed by atoms with Crippen molar-refractivity contribution < 1.29 is 0 Å². The second-order valence-electron chi connectivity index (χ2n) is 5.39. The maximum atomic E-state index is 5.97. The van der Waals surface area contributed by atoms with Crippen LogP contribution in [0.25, 0.3) is 0 Å². The number of likely N-dealkylation sites (tertiary alicyclic amines) is 1. The van der Waals surface area contributed by atoms with E-state index in [1.165, 1.54) is 58.0 Å². The van der Waals surface area contributed by atoms with E-state index in [1.54, 1.807) is 0 Å². The molecule has 0 aromatic heterocycles. The van der Waals surface area contributed by atoms with Crippen molar-refractivity contribution in [3.63, 3.8) is 0 Å². The Balaban J connectivity index is 1.90. The maximum Gasteiger partial charge on any atom is 0.0123 e. The van der Waals surface area contributed by atoms with Crippen LogP contribution < -0.4 is 5.73 Å². The zero-order chi connectivity index (χ0) is 10.7. The van der Waals surface area contributed by atoms with Crippen molar-refractivity contribution in [3.8, 4) is 0 Å². The van der Waals surface area contributed by atoms with Crippen LogP contribution in [-0.4, -0.2) is 30.1 Å². The summed E-state index contributed by atoms with van der Waals surface area (Å²) in [6.07, 6.45) is 9.61. The van der Waals surface area contributed by atoms with Gasteiger partial charge in [-0.1, -0.05) is 26.2 Å². The van der Waals surface area contributed by atoms with Gasteiger partial charge in [0.25, 0.3) is 0 Å². The third-order valence-corrected chi connectivity index (χ3v) is 4.44. The highest BCUT2D eigenvalue weighted by Crippen LogP contribution is 2.31. The van der Waals surface area contributed by atoms with Gasteiger partial charge in [-0.2, -0.15) is 0 Å². The Kier molecular flexibility index (Phi) is 4.04. The van der Waals surface area contributed by atoms with Gasteiger partial charge in [0, 0.05) is 12.1 Å². The Morgan fingerprint density at radius 3 is 2.40 bits per heavy atom. The molecule has 0 spiro atoms. The van der Waals surface area contributed by atoms with Gasteiger partial charge in [0.1, 0.15) is 0 Å². The van der Waals surface area contributed by atoms with Gasteiger partial charge < -0.3 is 5.73 Å². The molecule has 0 amide bonds. The van der Waals surface area contributed by atoms with E-state index >= 15 is 0 Å². The first-order chi connectivity index (χ1) is 7.31. The van der Waals surface area contributed by atoms with Crippen LogP contribution in [0, 0.1) is 5.92 Å². The summed E-state index contributed by atoms with van der Waals surface area (Å²) in [5, 5.41) is 0. The van der Waals surface area contributed by atoms with Crippen molar-refractivity contribution in [2.75, 3.05) is 13.1 Å². The number of rotatable bonds is 2. The van der Waals surface area contributed by atoms with Crippen LogP contribution in [0.5, 0.6) is 0 Å². The minimum Gasteiger partial charge on any atom is -0.328 e. The Hall–Kier alpha value is -0.0800. The molecular weight excluding hydrogens is 184 g/mol. The summed E-state index contributed by atoms with van der Waals surface area (Å²) in [7, 11) is 0. The predicted octanol–water partition coefficient (Wildman–Crippen LogP) is 2.38. The Morgan fingerprint density at radius 1 is 1.07 bits per heavy atom. The van der Waals surface area contributed by atoms with Gasteiger partial charge in [-0.05, 0) is 44.7 Å². The van der Waals surface area contributed by atoms with E-state index in [0.717, 1.165) is 12.0 Å². The molecule has 1 aliphatic heterocycles. The van der Waals surface area contributed by atoms with Crippen molar-refractivity contribution >= 4 is 0 Å². The van der Waals surface area contributed by atoms with E-state index in [1.807, 2.05) is 0 Å². The zero-order valence-corrected chi connectivity index (χ0v) is 10.1. The number of nitrogens with two attached hydrogens (primary N) is 1. The Bertz CT molecular complexity index is 185. The van der Waals surface area contributed by atoms with E-state index in [9.17, 15) is 0 Å². The number of hydrogen-bond acceptors (Lipinski definition) is 2. The normalized spacial score (nSPS) is 35.6. The molecule has 0 radical (unpaired) electrons. The molecule has 2 aliphatic rings. The molecule has 2 fully saturated rings. The second kappa shape index (κ2) is 5.31. The van der Waals surface area contributed by atoms with Crippen LogP contribution >= 0.6 is 0 Å². The summed E-state index contributed by atoms with van der Waals surface area (Å²) >= 11 is 0. The lowest BCUT2D eigenvalue weighted by molar-refractivity contribution is 0.0777. The summed E-state index contributed by atoms with van der Waals surface area (Å²) in [4.78, 5) is 2.73. The molecule has 2 rings (SSSR count). The lowest BCUT2D eigenvalue weighted by atomic mass is 9.81. The van der Waals surface area contributed by atoms with Gasteiger partial charge in [-0.25, -0.2) is 0 Å². The summed E-state index contributed by atoms with van der Waals surface area (Å²) in [6.45, 7) is 4.86. The van der Waals surface area contributed by atoms with Gasteiger partial charge in [0.2, 0.25) is 0 Å². The first-order valence-electron chi connectivity index (χ1n) is 6.81. The standard InChI is InChI=1S/C13H26N2/c1-2-11-5-3-4-6-13(11)15-9-7-12(14)8-10-15/h11-13H,2-10,14H2,1H3. The molecule has 1 heterocycles. The smallest absolute Gasteiger partial charge is 0.0123 e. The fraction of sp³-hybridized carbons (Fsp3) is 1.00. The topological polar surface area (TPSA) is 29.3 Å². The molecule has 2 unspecified atom stereocenters. The van der Waals surface area contributed by atoms with E-state index in [2.05, 4.69) is 11.8 Å². The summed E-state index contributed by atoms with van der Waals surface area (Å²) in [5.74, 6) is 0.966. The van der Waals surface area contributed by atoms with Crippen LogP contribution in [-0.2, 0) is 0 Å². The first kappa shape index (κ1) is 11.4. The first-order valence-corrected chi connectivity index (χ1v) is 6.81. The lowest BCUT2D eigenvalue weighted by Crippen LogP contribution is -2.48. The number of hydrogen-bond donors (Lipinski definition) is 1. The van der Waals surface area contributed by atoms with Crippen molar-refractivity contribution in [2.24, 2.45) is 11.7 Å². The highest BCUT2D eigenvalue weighted by Gasteiger charge is 2.30. The SMILES string of the molecule is CCC1CCCCC1N1CCC(N)CC1. The van der Waals surface area contributed by atoms with Crippen molar-refractivity contribution in [1.82, 2.24) is 4.90 Å². The maximum absolute atomic E-state index is 5.97. The average molecular weight is 210 g/mol. The molecule has 15 heavy (non-hydrogen) atoms. The van der Waals surface area contributed by atoms with E-state index in [0.29, 0.717) is 6.04 Å². The lowest BCUT2D eigenvalue weighted by Gasteiger charge is -2.42. The van der Waals surface area contributed by atoms with Crippen LogP contribution in [0.2, 0.25) is 0 Å². The predicted molar refractivity (Wildman–Crippen MR) is 64.8 cm³/mol. The molecule has 2 atom stereocenters. The van der Waals surface area contributed by atoms with Gasteiger partial charge in [-0.15, -0.1) is 0 Å². The van der Waals surface area contributed by atoms with Crippen molar-refractivity contribution in [2.45, 2.75) is 64.0 Å². The summed E-state index contributed by atoms with van der Waals surface area (Å²) < 4.78 is 0. The third-order valence-electron chi connectivity index (χ3n) is 4.44. The molecule has 88 valence electrons. The van der Waals surface area contributed by atoms with Crippen LogP contribution in [0.3, 0.4) is 0 Å². The summed E-state index contributed by atoms with van der Waals surface area (Å²) in [6, 6.07) is 1.36. The molecule has 0 bridgehead atoms.